The maximum atomic E-state index is 13.4. The van der Waals surface area contributed by atoms with Crippen molar-refractivity contribution in [2.45, 2.75) is 25.5 Å². The van der Waals surface area contributed by atoms with Crippen molar-refractivity contribution in [3.8, 4) is 0 Å². The standard InChI is InChI=1S/C14H13F2N3O3/c1-7-17-13(18-22-7)14(21)19-6-9(20)5-12(19)8-2-3-10(15)11(16)4-8/h2-4,9,12,20H,5-6H2,1H3/t9-,12+/m1/s1. The van der Waals surface area contributed by atoms with Crippen LogP contribution in [0.2, 0.25) is 0 Å². The number of amides is 1. The zero-order valence-corrected chi connectivity index (χ0v) is 11.7. The highest BCUT2D eigenvalue weighted by Crippen LogP contribution is 2.33. The van der Waals surface area contributed by atoms with Crippen molar-refractivity contribution >= 4 is 5.91 Å². The normalized spacial score (nSPS) is 21.4. The number of rotatable bonds is 2. The molecule has 1 amide bonds. The Labute approximate surface area is 124 Å². The quantitative estimate of drug-likeness (QED) is 0.911. The van der Waals surface area contributed by atoms with Crippen LogP contribution in [0, 0.1) is 18.6 Å². The minimum absolute atomic E-state index is 0.0656. The molecule has 0 bridgehead atoms. The van der Waals surface area contributed by atoms with Gasteiger partial charge in [-0.15, -0.1) is 0 Å². The maximum absolute atomic E-state index is 13.4. The number of nitrogens with zero attached hydrogens (tertiary/aromatic N) is 3. The van der Waals surface area contributed by atoms with Gasteiger partial charge >= 0.3 is 0 Å². The number of halogens is 2. The van der Waals surface area contributed by atoms with Crippen molar-refractivity contribution in [1.29, 1.82) is 0 Å². The SMILES string of the molecule is Cc1nc(C(=O)N2C[C@H](O)C[C@H]2c2ccc(F)c(F)c2)no1. The number of β-amino-alcohol motifs (C(OH)–C–C–N with tert-alkyl or cyclic N) is 1. The Morgan fingerprint density at radius 3 is 2.82 bits per heavy atom. The molecule has 8 heteroatoms. The molecule has 2 heterocycles. The van der Waals surface area contributed by atoms with Gasteiger partial charge in [-0.2, -0.15) is 4.98 Å². The molecule has 0 unspecified atom stereocenters. The summed E-state index contributed by atoms with van der Waals surface area (Å²) in [6.45, 7) is 1.62. The van der Waals surface area contributed by atoms with Gasteiger partial charge in [0.1, 0.15) is 0 Å². The van der Waals surface area contributed by atoms with Crippen LogP contribution in [0.5, 0.6) is 0 Å². The van der Waals surface area contributed by atoms with Gasteiger partial charge in [0.2, 0.25) is 5.89 Å². The van der Waals surface area contributed by atoms with Crippen molar-refractivity contribution in [3.05, 3.63) is 47.1 Å². The van der Waals surface area contributed by atoms with Crippen LogP contribution in [-0.2, 0) is 0 Å². The van der Waals surface area contributed by atoms with Gasteiger partial charge in [0, 0.05) is 13.5 Å². The summed E-state index contributed by atoms with van der Waals surface area (Å²) in [4.78, 5) is 17.6. The first kappa shape index (κ1) is 14.6. The number of hydrogen-bond acceptors (Lipinski definition) is 5. The fourth-order valence-electron chi connectivity index (χ4n) is 2.59. The molecule has 0 aliphatic carbocycles. The Morgan fingerprint density at radius 1 is 1.41 bits per heavy atom. The molecule has 2 aromatic rings. The predicted octanol–water partition coefficient (Wildman–Crippen LogP) is 1.60. The zero-order valence-electron chi connectivity index (χ0n) is 11.7. The molecule has 3 rings (SSSR count). The second kappa shape index (κ2) is 5.45. The van der Waals surface area contributed by atoms with Gasteiger partial charge in [-0.1, -0.05) is 11.2 Å². The minimum Gasteiger partial charge on any atom is -0.391 e. The van der Waals surface area contributed by atoms with Crippen LogP contribution in [0.1, 0.15) is 34.5 Å². The molecular formula is C14H13F2N3O3. The van der Waals surface area contributed by atoms with Crippen LogP contribution < -0.4 is 0 Å². The molecule has 0 spiro atoms. The Morgan fingerprint density at radius 2 is 2.18 bits per heavy atom. The number of likely N-dealkylation sites (tertiary alicyclic amines) is 1. The van der Waals surface area contributed by atoms with Gasteiger partial charge in [-0.05, 0) is 24.1 Å². The Bertz CT molecular complexity index is 719. The molecule has 1 N–H and O–H groups in total. The van der Waals surface area contributed by atoms with Gasteiger partial charge in [-0.25, -0.2) is 8.78 Å². The van der Waals surface area contributed by atoms with E-state index in [-0.39, 0.29) is 24.7 Å². The number of carbonyl (C=O) groups excluding carboxylic acids is 1. The predicted molar refractivity (Wildman–Crippen MR) is 69.8 cm³/mol. The van der Waals surface area contributed by atoms with Crippen molar-refractivity contribution in [2.24, 2.45) is 0 Å². The van der Waals surface area contributed by atoms with Crippen molar-refractivity contribution in [3.63, 3.8) is 0 Å². The van der Waals surface area contributed by atoms with E-state index in [4.69, 9.17) is 4.52 Å². The number of carbonyl (C=O) groups is 1. The lowest BCUT2D eigenvalue weighted by molar-refractivity contribution is 0.0700. The number of hydrogen-bond donors (Lipinski definition) is 1. The van der Waals surface area contributed by atoms with Crippen LogP contribution in [0.4, 0.5) is 8.78 Å². The second-order valence-electron chi connectivity index (χ2n) is 5.17. The van der Waals surface area contributed by atoms with E-state index in [0.717, 1.165) is 12.1 Å². The van der Waals surface area contributed by atoms with Gasteiger partial charge in [0.05, 0.1) is 12.1 Å². The third-order valence-corrected chi connectivity index (χ3v) is 3.59. The molecule has 1 aromatic heterocycles. The first-order valence-corrected chi connectivity index (χ1v) is 6.70. The Kier molecular flexibility index (Phi) is 3.61. The van der Waals surface area contributed by atoms with E-state index in [2.05, 4.69) is 10.1 Å². The van der Waals surface area contributed by atoms with E-state index in [9.17, 15) is 18.7 Å². The van der Waals surface area contributed by atoms with Gasteiger partial charge in [0.15, 0.2) is 11.6 Å². The number of aryl methyl sites for hydroxylation is 1. The van der Waals surface area contributed by atoms with E-state index >= 15 is 0 Å². The van der Waals surface area contributed by atoms with Crippen molar-refractivity contribution < 1.29 is 23.2 Å². The third kappa shape index (κ3) is 2.57. The molecule has 1 saturated heterocycles. The van der Waals surface area contributed by atoms with E-state index in [1.54, 1.807) is 6.92 Å². The maximum Gasteiger partial charge on any atom is 0.295 e. The summed E-state index contributed by atoms with van der Waals surface area (Å²) in [7, 11) is 0. The van der Waals surface area contributed by atoms with Gasteiger partial charge < -0.3 is 14.5 Å². The van der Waals surface area contributed by atoms with Crippen molar-refractivity contribution in [2.75, 3.05) is 6.54 Å². The average Bonchev–Trinajstić information content (AvgIpc) is 3.07. The summed E-state index contributed by atoms with van der Waals surface area (Å²) in [5.41, 5.74) is 0.406. The molecule has 1 aliphatic rings. The monoisotopic (exact) mass is 309 g/mol. The highest BCUT2D eigenvalue weighted by molar-refractivity contribution is 5.90. The minimum atomic E-state index is -0.998. The summed E-state index contributed by atoms with van der Waals surface area (Å²) in [5, 5.41) is 13.4. The summed E-state index contributed by atoms with van der Waals surface area (Å²) < 4.78 is 31.2. The lowest BCUT2D eigenvalue weighted by Gasteiger charge is -2.23. The third-order valence-electron chi connectivity index (χ3n) is 3.59. The number of aromatic nitrogens is 2. The largest absolute Gasteiger partial charge is 0.391 e. The molecule has 2 atom stereocenters. The lowest BCUT2D eigenvalue weighted by atomic mass is 10.0. The molecular weight excluding hydrogens is 296 g/mol. The van der Waals surface area contributed by atoms with E-state index < -0.39 is 29.7 Å². The van der Waals surface area contributed by atoms with E-state index in [1.807, 2.05) is 0 Å². The topological polar surface area (TPSA) is 79.5 Å². The van der Waals surface area contributed by atoms with Crippen LogP contribution in [-0.4, -0.2) is 38.7 Å². The summed E-state index contributed by atoms with van der Waals surface area (Å²) in [6, 6.07) is 2.84. The van der Waals surface area contributed by atoms with Crippen LogP contribution in [0.3, 0.4) is 0 Å². The van der Waals surface area contributed by atoms with Crippen LogP contribution >= 0.6 is 0 Å². The molecule has 0 radical (unpaired) electrons. The van der Waals surface area contributed by atoms with Gasteiger partial charge in [0.25, 0.3) is 11.7 Å². The first-order chi connectivity index (χ1) is 10.5. The summed E-state index contributed by atoms with van der Waals surface area (Å²) >= 11 is 0. The molecule has 1 aliphatic heterocycles. The fourth-order valence-corrected chi connectivity index (χ4v) is 2.59. The van der Waals surface area contributed by atoms with Crippen LogP contribution in [0.25, 0.3) is 0 Å². The lowest BCUT2D eigenvalue weighted by Crippen LogP contribution is -2.32. The average molecular weight is 309 g/mol. The van der Waals surface area contributed by atoms with Crippen molar-refractivity contribution in [1.82, 2.24) is 15.0 Å². The molecule has 1 fully saturated rings. The summed E-state index contributed by atoms with van der Waals surface area (Å²) in [6.07, 6.45) is -0.525. The molecule has 116 valence electrons. The van der Waals surface area contributed by atoms with Crippen LogP contribution in [0.15, 0.2) is 22.7 Å². The Balaban J connectivity index is 1.91. The number of aliphatic hydroxyl groups excluding tert-OH is 1. The highest BCUT2D eigenvalue weighted by Gasteiger charge is 2.37. The molecule has 22 heavy (non-hydrogen) atoms. The molecule has 0 saturated carbocycles. The van der Waals surface area contributed by atoms with E-state index in [0.29, 0.717) is 5.56 Å². The highest BCUT2D eigenvalue weighted by atomic mass is 19.2. The summed E-state index contributed by atoms with van der Waals surface area (Å²) in [5.74, 6) is -2.37. The van der Waals surface area contributed by atoms with E-state index in [1.165, 1.54) is 11.0 Å². The number of aliphatic hydroxyl groups is 1. The first-order valence-electron chi connectivity index (χ1n) is 6.70. The smallest absolute Gasteiger partial charge is 0.295 e. The molecule has 6 nitrogen and oxygen atoms in total. The zero-order chi connectivity index (χ0) is 15.9. The van der Waals surface area contributed by atoms with Gasteiger partial charge in [-0.3, -0.25) is 4.79 Å². The number of benzene rings is 1. The second-order valence-corrected chi connectivity index (χ2v) is 5.17. The fraction of sp³-hybridized carbons (Fsp3) is 0.357. The molecule has 1 aromatic carbocycles. The Hall–Kier alpha value is -2.35.